The molecule has 2 aromatic carbocycles. The molecule has 0 saturated carbocycles. The maximum atomic E-state index is 13.2. The van der Waals surface area contributed by atoms with Gasteiger partial charge >= 0.3 is 6.03 Å². The number of benzene rings is 2. The summed E-state index contributed by atoms with van der Waals surface area (Å²) in [5.74, 6) is 0.638. The van der Waals surface area contributed by atoms with Crippen LogP contribution in [0, 0.1) is 13.8 Å². The van der Waals surface area contributed by atoms with Crippen molar-refractivity contribution in [3.63, 3.8) is 0 Å². The molecule has 2 N–H and O–H groups in total. The zero-order valence-corrected chi connectivity index (χ0v) is 23.9. The number of carbonyl (C=O) groups excluding carboxylic acids is 2. The molecule has 0 unspecified atom stereocenters. The quantitative estimate of drug-likeness (QED) is 0.361. The summed E-state index contributed by atoms with van der Waals surface area (Å²) in [4.78, 5) is 27.8. The molecule has 38 heavy (non-hydrogen) atoms. The Labute approximate surface area is 226 Å². The summed E-state index contributed by atoms with van der Waals surface area (Å²) in [7, 11) is 1.57. The van der Waals surface area contributed by atoms with Crippen LogP contribution in [-0.2, 0) is 14.9 Å². The smallest absolute Gasteiger partial charge is 0.322 e. The first-order valence-corrected chi connectivity index (χ1v) is 13.0. The molecule has 204 valence electrons. The molecule has 8 nitrogen and oxygen atoms in total. The fourth-order valence-electron chi connectivity index (χ4n) is 4.03. The molecule has 3 aromatic rings. The minimum absolute atomic E-state index is 0.137. The molecule has 1 aromatic heterocycles. The molecule has 3 amide bonds. The first-order chi connectivity index (χ1) is 17.9. The van der Waals surface area contributed by atoms with Gasteiger partial charge in [0.1, 0.15) is 12.4 Å². The Morgan fingerprint density at radius 3 is 2.29 bits per heavy atom. The van der Waals surface area contributed by atoms with Gasteiger partial charge in [-0.2, -0.15) is 5.10 Å². The fraction of sp³-hybridized carbons (Fsp3) is 0.433. The average molecular weight is 520 g/mol. The van der Waals surface area contributed by atoms with Crippen LogP contribution in [0.5, 0.6) is 0 Å². The Morgan fingerprint density at radius 1 is 1.03 bits per heavy atom. The van der Waals surface area contributed by atoms with E-state index in [0.717, 1.165) is 22.5 Å². The zero-order valence-electron chi connectivity index (χ0n) is 23.9. The molecule has 1 heterocycles. The second-order valence-corrected chi connectivity index (χ2v) is 11.0. The number of rotatable bonds is 9. The van der Waals surface area contributed by atoms with Crippen LogP contribution in [0.1, 0.15) is 62.9 Å². The van der Waals surface area contributed by atoms with Crippen molar-refractivity contribution < 1.29 is 14.3 Å². The minimum atomic E-state index is -0.368. The summed E-state index contributed by atoms with van der Waals surface area (Å²) in [6.07, 6.45) is 0. The standard InChI is InChI=1S/C30H41N5O3/c1-20(2)23-10-12-24(13-11-23)31-29(37)34(15-16-38-8)19-28(36)32-27-18-26(30(5,6)7)33-35(27)25-14-9-21(3)17-22(25)4/h9-14,17-18,20H,15-16,19H2,1-8H3,(H,31,37)(H,32,36). The third-order valence-electron chi connectivity index (χ3n) is 6.34. The summed E-state index contributed by atoms with van der Waals surface area (Å²) >= 11 is 0. The molecule has 0 fully saturated rings. The van der Waals surface area contributed by atoms with Gasteiger partial charge in [-0.3, -0.25) is 4.79 Å². The highest BCUT2D eigenvalue weighted by Crippen LogP contribution is 2.28. The molecule has 0 aliphatic carbocycles. The predicted molar refractivity (Wildman–Crippen MR) is 153 cm³/mol. The Hall–Kier alpha value is -3.65. The molecule has 0 aliphatic rings. The van der Waals surface area contributed by atoms with Gasteiger partial charge in [-0.1, -0.05) is 64.4 Å². The van der Waals surface area contributed by atoms with E-state index in [4.69, 9.17) is 9.84 Å². The predicted octanol–water partition coefficient (Wildman–Crippen LogP) is 6.03. The van der Waals surface area contributed by atoms with E-state index in [9.17, 15) is 9.59 Å². The second kappa shape index (κ2) is 12.3. The normalized spacial score (nSPS) is 11.5. The van der Waals surface area contributed by atoms with Gasteiger partial charge in [-0.05, 0) is 49.1 Å². The number of carbonyl (C=O) groups is 2. The van der Waals surface area contributed by atoms with Crippen LogP contribution < -0.4 is 10.6 Å². The van der Waals surface area contributed by atoms with Crippen molar-refractivity contribution in [2.75, 3.05) is 37.4 Å². The van der Waals surface area contributed by atoms with Gasteiger partial charge in [0.15, 0.2) is 0 Å². The minimum Gasteiger partial charge on any atom is -0.383 e. The molecule has 0 spiro atoms. The summed E-state index contributed by atoms with van der Waals surface area (Å²) in [5, 5.41) is 10.7. The molecular formula is C30H41N5O3. The van der Waals surface area contributed by atoms with Crippen molar-refractivity contribution in [1.82, 2.24) is 14.7 Å². The Kier molecular flexibility index (Phi) is 9.33. The number of nitrogens with one attached hydrogen (secondary N) is 2. The van der Waals surface area contributed by atoms with Gasteiger partial charge in [0.05, 0.1) is 18.0 Å². The van der Waals surface area contributed by atoms with E-state index >= 15 is 0 Å². The van der Waals surface area contributed by atoms with Gasteiger partial charge < -0.3 is 20.3 Å². The van der Waals surface area contributed by atoms with Gasteiger partial charge in [0.25, 0.3) is 0 Å². The van der Waals surface area contributed by atoms with Crippen molar-refractivity contribution in [3.8, 4) is 5.69 Å². The number of ether oxygens (including phenoxy) is 1. The maximum absolute atomic E-state index is 13.2. The summed E-state index contributed by atoms with van der Waals surface area (Å²) in [5.41, 5.74) is 5.59. The van der Waals surface area contributed by atoms with E-state index in [1.165, 1.54) is 10.5 Å². The fourth-order valence-corrected chi connectivity index (χ4v) is 4.03. The first-order valence-electron chi connectivity index (χ1n) is 13.0. The lowest BCUT2D eigenvalue weighted by molar-refractivity contribution is -0.116. The van der Waals surface area contributed by atoms with Gasteiger partial charge in [0.2, 0.25) is 5.91 Å². The molecule has 0 saturated heterocycles. The molecule has 0 radical (unpaired) electrons. The third kappa shape index (κ3) is 7.44. The first kappa shape index (κ1) is 28.9. The van der Waals surface area contributed by atoms with Crippen LogP contribution in [-0.4, -0.2) is 53.4 Å². The molecule has 8 heteroatoms. The van der Waals surface area contributed by atoms with E-state index < -0.39 is 0 Å². The molecular weight excluding hydrogens is 478 g/mol. The van der Waals surface area contributed by atoms with Crippen LogP contribution >= 0.6 is 0 Å². The molecule has 0 atom stereocenters. The van der Waals surface area contributed by atoms with Crippen LogP contribution in [0.15, 0.2) is 48.5 Å². The number of amides is 3. The van der Waals surface area contributed by atoms with E-state index in [1.54, 1.807) is 11.8 Å². The van der Waals surface area contributed by atoms with Gasteiger partial charge in [-0.25, -0.2) is 9.48 Å². The maximum Gasteiger partial charge on any atom is 0.322 e. The highest BCUT2D eigenvalue weighted by atomic mass is 16.5. The van der Waals surface area contributed by atoms with Gasteiger partial charge in [0, 0.05) is 30.8 Å². The lowest BCUT2D eigenvalue weighted by Gasteiger charge is -2.22. The highest BCUT2D eigenvalue weighted by molar-refractivity contribution is 5.96. The monoisotopic (exact) mass is 519 g/mol. The topological polar surface area (TPSA) is 88.5 Å². The number of methoxy groups -OCH3 is 1. The summed E-state index contributed by atoms with van der Waals surface area (Å²) < 4.78 is 6.95. The summed E-state index contributed by atoms with van der Waals surface area (Å²) in [6.45, 7) is 15.0. The molecule has 0 aliphatic heterocycles. The lowest BCUT2D eigenvalue weighted by atomic mass is 9.92. The van der Waals surface area contributed by atoms with Gasteiger partial charge in [-0.15, -0.1) is 0 Å². The second-order valence-electron chi connectivity index (χ2n) is 11.0. The SMILES string of the molecule is COCCN(CC(=O)Nc1cc(C(C)(C)C)nn1-c1ccc(C)cc1C)C(=O)Nc1ccc(C(C)C)cc1. The Morgan fingerprint density at radius 2 is 1.71 bits per heavy atom. The van der Waals surface area contributed by atoms with Crippen LogP contribution in [0.3, 0.4) is 0 Å². The van der Waals surface area contributed by atoms with E-state index in [1.807, 2.05) is 56.3 Å². The van der Waals surface area contributed by atoms with Crippen LogP contribution in [0.25, 0.3) is 5.69 Å². The van der Waals surface area contributed by atoms with Crippen molar-refractivity contribution in [1.29, 1.82) is 0 Å². The van der Waals surface area contributed by atoms with Crippen molar-refractivity contribution in [2.45, 2.75) is 59.8 Å². The van der Waals surface area contributed by atoms with Crippen LogP contribution in [0.2, 0.25) is 0 Å². The van der Waals surface area contributed by atoms with Crippen molar-refractivity contribution >= 4 is 23.4 Å². The van der Waals surface area contributed by atoms with Crippen molar-refractivity contribution in [3.05, 3.63) is 70.9 Å². The summed E-state index contributed by atoms with van der Waals surface area (Å²) in [6, 6.07) is 15.4. The molecule has 0 bridgehead atoms. The number of nitrogens with zero attached hydrogens (tertiary/aromatic N) is 3. The number of hydrogen-bond donors (Lipinski definition) is 2. The lowest BCUT2D eigenvalue weighted by Crippen LogP contribution is -2.42. The van der Waals surface area contributed by atoms with E-state index in [0.29, 0.717) is 24.0 Å². The van der Waals surface area contributed by atoms with Crippen LogP contribution in [0.4, 0.5) is 16.3 Å². The third-order valence-corrected chi connectivity index (χ3v) is 6.34. The number of aromatic nitrogens is 2. The van der Waals surface area contributed by atoms with E-state index in [2.05, 4.69) is 51.3 Å². The zero-order chi connectivity index (χ0) is 28.0. The number of urea groups is 1. The van der Waals surface area contributed by atoms with Crippen molar-refractivity contribution in [2.24, 2.45) is 0 Å². The Balaban J connectivity index is 1.81. The van der Waals surface area contributed by atoms with E-state index in [-0.39, 0.29) is 30.4 Å². The molecule has 3 rings (SSSR count). The average Bonchev–Trinajstić information content (AvgIpc) is 3.26. The highest BCUT2D eigenvalue weighted by Gasteiger charge is 2.24. The number of hydrogen-bond acceptors (Lipinski definition) is 4. The Bertz CT molecular complexity index is 1260. The number of anilines is 2. The largest absolute Gasteiger partial charge is 0.383 e. The number of aryl methyl sites for hydroxylation is 2.